The Morgan fingerprint density at radius 2 is 2.05 bits per heavy atom. The van der Waals surface area contributed by atoms with E-state index >= 15 is 0 Å². The summed E-state index contributed by atoms with van der Waals surface area (Å²) in [6.07, 6.45) is 0. The molecule has 0 aliphatic carbocycles. The average molecular weight is 359 g/mol. The highest BCUT2D eigenvalue weighted by Crippen LogP contribution is 2.21. The Bertz CT molecular complexity index is 668. The number of carbonyl (C=O) groups is 2. The molecule has 0 aliphatic heterocycles. The lowest BCUT2D eigenvalue weighted by Crippen LogP contribution is -2.22. The Kier molecular flexibility index (Phi) is 4.46. The van der Waals surface area contributed by atoms with Gasteiger partial charge in [-0.25, -0.2) is 4.79 Å². The van der Waals surface area contributed by atoms with E-state index in [9.17, 15) is 9.59 Å². The van der Waals surface area contributed by atoms with Crippen molar-refractivity contribution in [2.75, 3.05) is 0 Å². The van der Waals surface area contributed by atoms with Crippen LogP contribution in [0, 0.1) is 0 Å². The second-order valence-electron chi connectivity index (χ2n) is 3.88. The van der Waals surface area contributed by atoms with E-state index in [1.807, 2.05) is 0 Å². The molecule has 2 aromatic rings. The molecule has 5 nitrogen and oxygen atoms in total. The van der Waals surface area contributed by atoms with Gasteiger partial charge in [0.15, 0.2) is 0 Å². The number of carboxylic acid groups (broad SMARTS) is 1. The van der Waals surface area contributed by atoms with Crippen LogP contribution in [-0.4, -0.2) is 17.0 Å². The van der Waals surface area contributed by atoms with E-state index in [-0.39, 0.29) is 18.2 Å². The Balaban J connectivity index is 2.04. The fourth-order valence-corrected chi connectivity index (χ4v) is 2.12. The number of carbonyl (C=O) groups excluding carboxylic acids is 1. The van der Waals surface area contributed by atoms with Crippen molar-refractivity contribution in [3.63, 3.8) is 0 Å². The monoisotopic (exact) mass is 357 g/mol. The predicted octanol–water partition coefficient (Wildman–Crippen LogP) is 3.32. The maximum Gasteiger partial charge on any atom is 0.371 e. The smallest absolute Gasteiger partial charge is 0.371 e. The first-order valence-electron chi connectivity index (χ1n) is 5.52. The molecule has 1 aromatic heterocycles. The molecule has 0 radical (unpaired) electrons. The fourth-order valence-electron chi connectivity index (χ4n) is 1.52. The summed E-state index contributed by atoms with van der Waals surface area (Å²) in [5, 5.41) is 11.8. The highest BCUT2D eigenvalue weighted by Gasteiger charge is 2.13. The molecule has 104 valence electrons. The van der Waals surface area contributed by atoms with Crippen LogP contribution in [0.3, 0.4) is 0 Å². The third-order valence-electron chi connectivity index (χ3n) is 2.47. The van der Waals surface area contributed by atoms with Gasteiger partial charge >= 0.3 is 5.97 Å². The van der Waals surface area contributed by atoms with Crippen molar-refractivity contribution < 1.29 is 19.1 Å². The van der Waals surface area contributed by atoms with Crippen LogP contribution < -0.4 is 5.32 Å². The first-order valence-corrected chi connectivity index (χ1v) is 6.69. The summed E-state index contributed by atoms with van der Waals surface area (Å²) in [5.41, 5.74) is 0.391. The molecular weight excluding hydrogens is 350 g/mol. The minimum absolute atomic E-state index is 0.0884. The van der Waals surface area contributed by atoms with E-state index in [0.29, 0.717) is 20.8 Å². The van der Waals surface area contributed by atoms with Gasteiger partial charge in [0.2, 0.25) is 5.76 Å². The molecule has 1 aromatic carbocycles. The highest BCUT2D eigenvalue weighted by atomic mass is 79.9. The van der Waals surface area contributed by atoms with Crippen molar-refractivity contribution in [2.45, 2.75) is 6.54 Å². The second kappa shape index (κ2) is 6.11. The van der Waals surface area contributed by atoms with Crippen LogP contribution in [0.2, 0.25) is 5.02 Å². The lowest BCUT2D eigenvalue weighted by atomic mass is 10.2. The third kappa shape index (κ3) is 3.40. The number of benzene rings is 1. The van der Waals surface area contributed by atoms with Crippen molar-refractivity contribution in [3.05, 3.63) is 56.9 Å². The zero-order chi connectivity index (χ0) is 14.7. The number of hydrogen-bond donors (Lipinski definition) is 2. The number of halogens is 2. The van der Waals surface area contributed by atoms with Gasteiger partial charge in [0.1, 0.15) is 5.76 Å². The standard InChI is InChI=1S/C13H9BrClNO4/c14-10-3-1-7(15)5-9(10)12(17)16-6-8-2-4-11(20-8)13(18)19/h1-5H,6H2,(H,16,17)(H,18,19). The summed E-state index contributed by atoms with van der Waals surface area (Å²) in [6, 6.07) is 7.70. The summed E-state index contributed by atoms with van der Waals surface area (Å²) in [6.45, 7) is 0.0884. The normalized spacial score (nSPS) is 10.3. The molecule has 2 rings (SSSR count). The Morgan fingerprint density at radius 1 is 1.30 bits per heavy atom. The molecule has 0 bridgehead atoms. The summed E-state index contributed by atoms with van der Waals surface area (Å²) in [5.74, 6) is -1.31. The number of carboxylic acids is 1. The number of hydrogen-bond acceptors (Lipinski definition) is 3. The number of nitrogens with one attached hydrogen (secondary N) is 1. The van der Waals surface area contributed by atoms with Gasteiger partial charge in [-0.05, 0) is 46.3 Å². The maximum absolute atomic E-state index is 12.0. The summed E-state index contributed by atoms with van der Waals surface area (Å²) < 4.78 is 5.65. The van der Waals surface area contributed by atoms with Crippen molar-refractivity contribution in [2.24, 2.45) is 0 Å². The van der Waals surface area contributed by atoms with Crippen LogP contribution in [0.4, 0.5) is 0 Å². The van der Waals surface area contributed by atoms with Crippen molar-refractivity contribution in [3.8, 4) is 0 Å². The minimum atomic E-state index is -1.15. The van der Waals surface area contributed by atoms with E-state index in [2.05, 4.69) is 21.2 Å². The van der Waals surface area contributed by atoms with E-state index < -0.39 is 5.97 Å². The highest BCUT2D eigenvalue weighted by molar-refractivity contribution is 9.10. The van der Waals surface area contributed by atoms with E-state index in [1.54, 1.807) is 12.1 Å². The van der Waals surface area contributed by atoms with Crippen molar-refractivity contribution >= 4 is 39.4 Å². The minimum Gasteiger partial charge on any atom is -0.475 e. The van der Waals surface area contributed by atoms with Crippen LogP contribution >= 0.6 is 27.5 Å². The molecule has 1 amide bonds. The molecule has 0 spiro atoms. The Hall–Kier alpha value is -1.79. The SMILES string of the molecule is O=C(O)c1ccc(CNC(=O)c2cc(Cl)ccc2Br)o1. The Labute approximate surface area is 127 Å². The van der Waals surface area contributed by atoms with Crippen molar-refractivity contribution in [1.82, 2.24) is 5.32 Å². The van der Waals surface area contributed by atoms with Crippen molar-refractivity contribution in [1.29, 1.82) is 0 Å². The Morgan fingerprint density at radius 3 is 2.70 bits per heavy atom. The molecule has 2 N–H and O–H groups in total. The topological polar surface area (TPSA) is 79.5 Å². The molecule has 1 heterocycles. The molecule has 0 atom stereocenters. The number of amides is 1. The largest absolute Gasteiger partial charge is 0.475 e. The van der Waals surface area contributed by atoms with Crippen LogP contribution in [0.15, 0.2) is 39.2 Å². The average Bonchev–Trinajstić information content (AvgIpc) is 2.88. The van der Waals surface area contributed by atoms with E-state index in [1.165, 1.54) is 18.2 Å². The second-order valence-corrected chi connectivity index (χ2v) is 5.17. The van der Waals surface area contributed by atoms with Crippen LogP contribution in [-0.2, 0) is 6.54 Å². The first kappa shape index (κ1) is 14.6. The predicted molar refractivity (Wildman–Crippen MR) is 76.0 cm³/mol. The lowest BCUT2D eigenvalue weighted by molar-refractivity contribution is 0.0660. The quantitative estimate of drug-likeness (QED) is 0.878. The molecule has 0 saturated heterocycles. The zero-order valence-electron chi connectivity index (χ0n) is 10.0. The molecule has 0 aliphatic rings. The molecule has 20 heavy (non-hydrogen) atoms. The molecule has 0 unspecified atom stereocenters. The summed E-state index contributed by atoms with van der Waals surface area (Å²) >= 11 is 9.09. The number of aromatic carboxylic acids is 1. The van der Waals surface area contributed by atoms with Gasteiger partial charge in [-0.15, -0.1) is 0 Å². The van der Waals surface area contributed by atoms with Gasteiger partial charge in [0.25, 0.3) is 5.91 Å². The molecule has 0 saturated carbocycles. The molecule has 0 fully saturated rings. The van der Waals surface area contributed by atoms with Crippen LogP contribution in [0.25, 0.3) is 0 Å². The van der Waals surface area contributed by atoms with Gasteiger partial charge in [-0.1, -0.05) is 11.6 Å². The lowest BCUT2D eigenvalue weighted by Gasteiger charge is -2.06. The fraction of sp³-hybridized carbons (Fsp3) is 0.0769. The third-order valence-corrected chi connectivity index (χ3v) is 3.40. The van der Waals surface area contributed by atoms with Crippen LogP contribution in [0.1, 0.15) is 26.7 Å². The van der Waals surface area contributed by atoms with Gasteiger partial charge in [-0.2, -0.15) is 0 Å². The van der Waals surface area contributed by atoms with Gasteiger partial charge in [-0.3, -0.25) is 4.79 Å². The van der Waals surface area contributed by atoms with Gasteiger partial charge in [0, 0.05) is 9.50 Å². The number of rotatable bonds is 4. The van der Waals surface area contributed by atoms with Crippen LogP contribution in [0.5, 0.6) is 0 Å². The number of furan rings is 1. The summed E-state index contributed by atoms with van der Waals surface area (Å²) in [7, 11) is 0. The van der Waals surface area contributed by atoms with E-state index in [0.717, 1.165) is 0 Å². The first-order chi connectivity index (χ1) is 9.47. The summed E-state index contributed by atoms with van der Waals surface area (Å²) in [4.78, 5) is 22.6. The van der Waals surface area contributed by atoms with E-state index in [4.69, 9.17) is 21.1 Å². The van der Waals surface area contributed by atoms with Gasteiger partial charge < -0.3 is 14.8 Å². The zero-order valence-corrected chi connectivity index (χ0v) is 12.4. The van der Waals surface area contributed by atoms with Gasteiger partial charge in [0.05, 0.1) is 12.1 Å². The molecular formula is C13H9BrClNO4. The molecule has 7 heteroatoms. The maximum atomic E-state index is 12.0.